The van der Waals surface area contributed by atoms with Crippen LogP contribution in [0.25, 0.3) is 0 Å². The van der Waals surface area contributed by atoms with Gasteiger partial charge in [-0.25, -0.2) is 0 Å². The molecule has 1 unspecified atom stereocenters. The maximum atomic E-state index is 12.7. The number of nitrogens with one attached hydrogen (secondary N) is 1. The van der Waals surface area contributed by atoms with Gasteiger partial charge in [-0.15, -0.1) is 0 Å². The minimum Gasteiger partial charge on any atom is -0.368 e. The Kier molecular flexibility index (Phi) is 5.48. The van der Waals surface area contributed by atoms with Gasteiger partial charge in [0.2, 0.25) is 5.91 Å². The average Bonchev–Trinajstić information content (AvgIpc) is 3.26. The van der Waals surface area contributed by atoms with Crippen molar-refractivity contribution in [2.45, 2.75) is 50.9 Å². The van der Waals surface area contributed by atoms with Gasteiger partial charge in [-0.05, 0) is 51.6 Å². The summed E-state index contributed by atoms with van der Waals surface area (Å²) < 4.78 is 43.5. The quantitative estimate of drug-likeness (QED) is 0.815. The van der Waals surface area contributed by atoms with E-state index in [2.05, 4.69) is 5.32 Å². The molecule has 0 aromatic heterocycles. The first-order valence-corrected chi connectivity index (χ1v) is 7.55. The van der Waals surface area contributed by atoms with E-state index in [4.69, 9.17) is 4.74 Å². The summed E-state index contributed by atoms with van der Waals surface area (Å²) in [6.45, 7) is 1.91. The Balaban J connectivity index is 1.86. The number of hydrogen-bond donors (Lipinski definition) is 1. The fourth-order valence-corrected chi connectivity index (χ4v) is 2.72. The maximum absolute atomic E-state index is 12.7. The van der Waals surface area contributed by atoms with Crippen LogP contribution in [0.4, 0.5) is 13.2 Å². The number of alkyl halides is 3. The van der Waals surface area contributed by atoms with Crippen molar-refractivity contribution < 1.29 is 22.7 Å². The van der Waals surface area contributed by atoms with E-state index in [9.17, 15) is 18.0 Å². The second-order valence-electron chi connectivity index (χ2n) is 5.98. The smallest absolute Gasteiger partial charge is 0.368 e. The van der Waals surface area contributed by atoms with Crippen LogP contribution >= 0.6 is 0 Å². The zero-order valence-corrected chi connectivity index (χ0v) is 12.3. The molecule has 0 aromatic carbocycles. The van der Waals surface area contributed by atoms with Crippen LogP contribution in [0.3, 0.4) is 0 Å². The van der Waals surface area contributed by atoms with Gasteiger partial charge in [0.25, 0.3) is 0 Å². The molecule has 2 fully saturated rings. The predicted octanol–water partition coefficient (Wildman–Crippen LogP) is 1.94. The summed E-state index contributed by atoms with van der Waals surface area (Å²) in [4.78, 5) is 13.1. The molecule has 1 aliphatic carbocycles. The Morgan fingerprint density at radius 1 is 1.29 bits per heavy atom. The molecular formula is C14H23F3N2O2. The second-order valence-corrected chi connectivity index (χ2v) is 5.98. The van der Waals surface area contributed by atoms with E-state index in [1.807, 2.05) is 0 Å². The first-order chi connectivity index (χ1) is 9.87. The first kappa shape index (κ1) is 16.5. The largest absolute Gasteiger partial charge is 0.406 e. The monoisotopic (exact) mass is 308 g/mol. The first-order valence-electron chi connectivity index (χ1n) is 7.55. The van der Waals surface area contributed by atoms with Gasteiger partial charge in [0.1, 0.15) is 13.2 Å². The molecule has 1 atom stereocenters. The number of rotatable bonds is 6. The molecule has 7 heteroatoms. The lowest BCUT2D eigenvalue weighted by molar-refractivity contribution is -0.169. The molecule has 1 aliphatic heterocycles. The summed E-state index contributed by atoms with van der Waals surface area (Å²) in [5.74, 6) is -0.347. The van der Waals surface area contributed by atoms with Crippen molar-refractivity contribution in [2.75, 3.05) is 26.2 Å². The number of halogens is 3. The average molecular weight is 308 g/mol. The topological polar surface area (TPSA) is 41.6 Å². The molecule has 1 amide bonds. The van der Waals surface area contributed by atoms with E-state index in [1.54, 1.807) is 6.92 Å². The standard InChI is InChI=1S/C14H23F3N2O2/c1-10(11-2-3-11)19(9-14(15,16)17)13(20)8-21-12-4-6-18-7-5-12/h10-12,18H,2-9H2,1H3. The zero-order valence-electron chi connectivity index (χ0n) is 12.3. The Bertz CT molecular complexity index is 353. The van der Waals surface area contributed by atoms with Crippen molar-refractivity contribution in [3.63, 3.8) is 0 Å². The summed E-state index contributed by atoms with van der Waals surface area (Å²) >= 11 is 0. The van der Waals surface area contributed by atoms with Crippen LogP contribution < -0.4 is 5.32 Å². The Morgan fingerprint density at radius 2 is 1.90 bits per heavy atom. The van der Waals surface area contributed by atoms with Crippen LogP contribution in [-0.4, -0.2) is 55.4 Å². The van der Waals surface area contributed by atoms with Crippen LogP contribution in [0, 0.1) is 5.92 Å². The third-order valence-electron chi connectivity index (χ3n) is 4.19. The number of carbonyl (C=O) groups is 1. The summed E-state index contributed by atoms with van der Waals surface area (Å²) in [5, 5.41) is 3.17. The molecule has 1 saturated heterocycles. The maximum Gasteiger partial charge on any atom is 0.406 e. The van der Waals surface area contributed by atoms with Crippen LogP contribution in [0.2, 0.25) is 0 Å². The molecule has 122 valence electrons. The molecule has 2 aliphatic rings. The fourth-order valence-electron chi connectivity index (χ4n) is 2.72. The number of amides is 1. The van der Waals surface area contributed by atoms with Gasteiger partial charge in [-0.1, -0.05) is 0 Å². The molecule has 2 rings (SSSR count). The molecule has 0 aromatic rings. The summed E-state index contributed by atoms with van der Waals surface area (Å²) in [5.41, 5.74) is 0. The molecule has 1 N–H and O–H groups in total. The highest BCUT2D eigenvalue weighted by Crippen LogP contribution is 2.36. The number of hydrogen-bond acceptors (Lipinski definition) is 3. The lowest BCUT2D eigenvalue weighted by Gasteiger charge is -2.31. The van der Waals surface area contributed by atoms with Gasteiger partial charge in [0.15, 0.2) is 0 Å². The van der Waals surface area contributed by atoms with Gasteiger partial charge in [0, 0.05) is 6.04 Å². The summed E-state index contributed by atoms with van der Waals surface area (Å²) in [6.07, 6.45) is -1.00. The van der Waals surface area contributed by atoms with Crippen molar-refractivity contribution in [1.82, 2.24) is 10.2 Å². The third-order valence-corrected chi connectivity index (χ3v) is 4.19. The van der Waals surface area contributed by atoms with E-state index < -0.39 is 18.6 Å². The van der Waals surface area contributed by atoms with E-state index in [1.165, 1.54) is 0 Å². The highest BCUT2D eigenvalue weighted by Gasteiger charge is 2.40. The van der Waals surface area contributed by atoms with Crippen LogP contribution in [0.1, 0.15) is 32.6 Å². The summed E-state index contributed by atoms with van der Waals surface area (Å²) in [6, 6.07) is -0.365. The Hall–Kier alpha value is -0.820. The SMILES string of the molecule is CC(C1CC1)N(CC(F)(F)F)C(=O)COC1CCNCC1. The summed E-state index contributed by atoms with van der Waals surface area (Å²) in [7, 11) is 0. The van der Waals surface area contributed by atoms with E-state index in [0.717, 1.165) is 43.7 Å². The second kappa shape index (κ2) is 6.96. The van der Waals surface area contributed by atoms with Crippen LogP contribution in [0.5, 0.6) is 0 Å². The zero-order chi connectivity index (χ0) is 15.5. The van der Waals surface area contributed by atoms with Crippen LogP contribution in [-0.2, 0) is 9.53 Å². The van der Waals surface area contributed by atoms with E-state index in [0.29, 0.717) is 0 Å². The fraction of sp³-hybridized carbons (Fsp3) is 0.929. The molecular weight excluding hydrogens is 285 g/mol. The number of ether oxygens (including phenoxy) is 1. The van der Waals surface area contributed by atoms with Crippen molar-refractivity contribution in [3.8, 4) is 0 Å². The van der Waals surface area contributed by atoms with Crippen molar-refractivity contribution in [1.29, 1.82) is 0 Å². The number of carbonyl (C=O) groups excluding carboxylic acids is 1. The van der Waals surface area contributed by atoms with Gasteiger partial charge >= 0.3 is 6.18 Å². The van der Waals surface area contributed by atoms with Crippen LogP contribution in [0.15, 0.2) is 0 Å². The van der Waals surface area contributed by atoms with E-state index >= 15 is 0 Å². The normalized spacial score (nSPS) is 22.1. The Morgan fingerprint density at radius 3 is 2.43 bits per heavy atom. The van der Waals surface area contributed by atoms with Gasteiger partial charge in [-0.3, -0.25) is 4.79 Å². The third kappa shape index (κ3) is 5.47. The molecule has 0 spiro atoms. The highest BCUT2D eigenvalue weighted by molar-refractivity contribution is 5.78. The Labute approximate surface area is 123 Å². The molecule has 1 saturated carbocycles. The minimum atomic E-state index is -4.37. The molecule has 0 bridgehead atoms. The van der Waals surface area contributed by atoms with Gasteiger partial charge in [-0.2, -0.15) is 13.2 Å². The minimum absolute atomic E-state index is 0.0285. The lowest BCUT2D eigenvalue weighted by atomic mass is 10.1. The highest BCUT2D eigenvalue weighted by atomic mass is 19.4. The van der Waals surface area contributed by atoms with Gasteiger partial charge in [0.05, 0.1) is 6.10 Å². The van der Waals surface area contributed by atoms with E-state index in [-0.39, 0.29) is 24.7 Å². The number of piperidine rings is 1. The lowest BCUT2D eigenvalue weighted by Crippen LogP contribution is -2.47. The molecule has 1 heterocycles. The van der Waals surface area contributed by atoms with Gasteiger partial charge < -0.3 is 15.0 Å². The number of nitrogens with zero attached hydrogens (tertiary/aromatic N) is 1. The van der Waals surface area contributed by atoms with Crippen molar-refractivity contribution >= 4 is 5.91 Å². The van der Waals surface area contributed by atoms with Crippen molar-refractivity contribution in [3.05, 3.63) is 0 Å². The molecule has 0 radical (unpaired) electrons. The molecule has 21 heavy (non-hydrogen) atoms. The van der Waals surface area contributed by atoms with Crippen molar-refractivity contribution in [2.24, 2.45) is 5.92 Å². The predicted molar refractivity (Wildman–Crippen MR) is 71.8 cm³/mol. The molecule has 4 nitrogen and oxygen atoms in total.